The lowest BCUT2D eigenvalue weighted by Gasteiger charge is -2.24. The first kappa shape index (κ1) is 15.5. The van der Waals surface area contributed by atoms with Crippen molar-refractivity contribution in [2.75, 3.05) is 11.6 Å². The summed E-state index contributed by atoms with van der Waals surface area (Å²) < 4.78 is 1.37. The first-order valence-electron chi connectivity index (χ1n) is 7.10. The van der Waals surface area contributed by atoms with Crippen molar-refractivity contribution in [2.24, 2.45) is 0 Å². The number of nitrogens with zero attached hydrogens (tertiary/aromatic N) is 3. The molecule has 0 saturated carbocycles. The Labute approximate surface area is 135 Å². The number of carboxylic acid groups (broad SMARTS) is 1. The molecule has 1 aromatic heterocycles. The summed E-state index contributed by atoms with van der Waals surface area (Å²) in [6.45, 7) is 0.163. The summed E-state index contributed by atoms with van der Waals surface area (Å²) in [5.41, 5.74) is 0.392. The Morgan fingerprint density at radius 2 is 2.13 bits per heavy atom. The van der Waals surface area contributed by atoms with Crippen LogP contribution in [0.1, 0.15) is 6.42 Å². The van der Waals surface area contributed by atoms with Gasteiger partial charge in [0.05, 0.1) is 35.1 Å². The standard InChI is InChI=1S/C15H15N3O4S/c19-13(18-9-23-7-12(18)15(21)22)5-6-17-8-16-11-4-2-1-3-10(11)14(17)20/h1-4,8,12H,5-7,9H2,(H,21,22)/p-1/t12-/m1/s1. The Bertz CT molecular complexity index is 820. The molecule has 0 radical (unpaired) electrons. The number of carbonyl (C=O) groups is 2. The Morgan fingerprint density at radius 3 is 2.91 bits per heavy atom. The molecule has 7 nitrogen and oxygen atoms in total. The Balaban J connectivity index is 1.73. The minimum atomic E-state index is -1.24. The zero-order valence-electron chi connectivity index (χ0n) is 12.2. The van der Waals surface area contributed by atoms with Gasteiger partial charge in [0.15, 0.2) is 0 Å². The van der Waals surface area contributed by atoms with E-state index in [1.165, 1.54) is 27.6 Å². The molecule has 120 valence electrons. The third-order valence-corrected chi connectivity index (χ3v) is 4.79. The number of aromatic nitrogens is 2. The van der Waals surface area contributed by atoms with Gasteiger partial charge in [-0.15, -0.1) is 11.8 Å². The second kappa shape index (κ2) is 6.41. The molecule has 1 saturated heterocycles. The van der Waals surface area contributed by atoms with Crippen molar-refractivity contribution < 1.29 is 14.7 Å². The van der Waals surface area contributed by atoms with E-state index >= 15 is 0 Å². The highest BCUT2D eigenvalue weighted by Gasteiger charge is 2.29. The molecule has 1 atom stereocenters. The minimum Gasteiger partial charge on any atom is -0.548 e. The number of fused-ring (bicyclic) bond motifs is 1. The van der Waals surface area contributed by atoms with Gasteiger partial charge in [0.25, 0.3) is 5.56 Å². The van der Waals surface area contributed by atoms with Crippen molar-refractivity contribution in [3.05, 3.63) is 40.9 Å². The lowest BCUT2D eigenvalue weighted by molar-refractivity contribution is -0.310. The molecule has 0 spiro atoms. The van der Waals surface area contributed by atoms with Crippen molar-refractivity contribution >= 4 is 34.5 Å². The van der Waals surface area contributed by atoms with Crippen molar-refractivity contribution in [3.63, 3.8) is 0 Å². The van der Waals surface area contributed by atoms with Crippen LogP contribution in [0.5, 0.6) is 0 Å². The number of hydrogen-bond donors (Lipinski definition) is 0. The molecule has 1 aliphatic rings. The zero-order valence-corrected chi connectivity index (χ0v) is 13.0. The van der Waals surface area contributed by atoms with Gasteiger partial charge in [0.1, 0.15) is 0 Å². The molecular weight excluding hydrogens is 318 g/mol. The summed E-state index contributed by atoms with van der Waals surface area (Å²) in [5.74, 6) is -0.870. The summed E-state index contributed by atoms with van der Waals surface area (Å²) in [7, 11) is 0. The molecule has 0 aliphatic carbocycles. The van der Waals surface area contributed by atoms with Crippen LogP contribution in [0.4, 0.5) is 0 Å². The second-order valence-corrected chi connectivity index (χ2v) is 6.21. The van der Waals surface area contributed by atoms with Crippen molar-refractivity contribution in [3.8, 4) is 0 Å². The van der Waals surface area contributed by atoms with E-state index in [2.05, 4.69) is 4.98 Å². The SMILES string of the molecule is O=C([O-])[C@H]1CSCN1C(=O)CCn1cnc2ccccc2c1=O. The van der Waals surface area contributed by atoms with E-state index in [4.69, 9.17) is 0 Å². The Morgan fingerprint density at radius 1 is 1.35 bits per heavy atom. The highest BCUT2D eigenvalue weighted by molar-refractivity contribution is 7.99. The van der Waals surface area contributed by atoms with Gasteiger partial charge in [-0.05, 0) is 12.1 Å². The van der Waals surface area contributed by atoms with Gasteiger partial charge in [0.2, 0.25) is 5.91 Å². The highest BCUT2D eigenvalue weighted by Crippen LogP contribution is 2.21. The van der Waals surface area contributed by atoms with E-state index in [1.807, 2.05) is 0 Å². The van der Waals surface area contributed by atoms with Crippen LogP contribution in [0.2, 0.25) is 0 Å². The first-order valence-corrected chi connectivity index (χ1v) is 8.25. The average molecular weight is 332 g/mol. The molecular formula is C15H14N3O4S-. The third kappa shape index (κ3) is 3.07. The predicted molar refractivity (Wildman–Crippen MR) is 83.6 cm³/mol. The number of carboxylic acids is 1. The number of amides is 1. The van der Waals surface area contributed by atoms with E-state index < -0.39 is 12.0 Å². The van der Waals surface area contributed by atoms with E-state index in [-0.39, 0.29) is 24.4 Å². The summed E-state index contributed by atoms with van der Waals surface area (Å²) in [5, 5.41) is 11.5. The summed E-state index contributed by atoms with van der Waals surface area (Å²) >= 11 is 1.38. The summed E-state index contributed by atoms with van der Waals surface area (Å²) in [6, 6.07) is 6.10. The average Bonchev–Trinajstić information content (AvgIpc) is 3.04. The van der Waals surface area contributed by atoms with Crippen molar-refractivity contribution in [1.82, 2.24) is 14.5 Å². The number of aryl methyl sites for hydroxylation is 1. The fourth-order valence-corrected chi connectivity index (χ4v) is 3.67. The number of aliphatic carboxylic acids is 1. The number of benzene rings is 1. The first-order chi connectivity index (χ1) is 11.1. The number of thioether (sulfide) groups is 1. The van der Waals surface area contributed by atoms with Crippen LogP contribution in [0.25, 0.3) is 10.9 Å². The Hall–Kier alpha value is -2.35. The zero-order chi connectivity index (χ0) is 16.4. The molecule has 2 aromatic rings. The number of rotatable bonds is 4. The quantitative estimate of drug-likeness (QED) is 0.745. The maximum atomic E-state index is 12.3. The maximum Gasteiger partial charge on any atom is 0.261 e. The molecule has 1 amide bonds. The minimum absolute atomic E-state index is 0.0459. The van der Waals surface area contributed by atoms with Gasteiger partial charge in [-0.25, -0.2) is 4.98 Å². The van der Waals surface area contributed by atoms with E-state index in [9.17, 15) is 19.5 Å². The number of hydrogen-bond acceptors (Lipinski definition) is 6. The lowest BCUT2D eigenvalue weighted by Crippen LogP contribution is -2.48. The molecule has 3 rings (SSSR count). The molecule has 0 N–H and O–H groups in total. The molecule has 0 bridgehead atoms. The van der Waals surface area contributed by atoms with Crippen LogP contribution >= 0.6 is 11.8 Å². The topological polar surface area (TPSA) is 95.3 Å². The van der Waals surface area contributed by atoms with E-state index in [1.54, 1.807) is 24.3 Å². The largest absolute Gasteiger partial charge is 0.548 e. The van der Waals surface area contributed by atoms with Gasteiger partial charge >= 0.3 is 0 Å². The van der Waals surface area contributed by atoms with Crippen LogP contribution < -0.4 is 10.7 Å². The summed E-state index contributed by atoms with van der Waals surface area (Å²) in [6.07, 6.45) is 1.46. The monoisotopic (exact) mass is 332 g/mol. The molecule has 8 heteroatoms. The smallest absolute Gasteiger partial charge is 0.261 e. The molecule has 1 aromatic carbocycles. The molecule has 0 unspecified atom stereocenters. The van der Waals surface area contributed by atoms with Gasteiger partial charge in [-0.2, -0.15) is 0 Å². The number of carbonyl (C=O) groups excluding carboxylic acids is 2. The van der Waals surface area contributed by atoms with Crippen LogP contribution in [0.15, 0.2) is 35.4 Å². The van der Waals surface area contributed by atoms with Crippen LogP contribution in [0.3, 0.4) is 0 Å². The molecule has 23 heavy (non-hydrogen) atoms. The van der Waals surface area contributed by atoms with Crippen molar-refractivity contribution in [2.45, 2.75) is 19.0 Å². The summed E-state index contributed by atoms with van der Waals surface area (Å²) in [4.78, 5) is 41.0. The fraction of sp³-hybridized carbons (Fsp3) is 0.333. The van der Waals surface area contributed by atoms with E-state index in [0.29, 0.717) is 22.5 Å². The Kier molecular flexibility index (Phi) is 4.33. The molecule has 2 heterocycles. The fourth-order valence-electron chi connectivity index (χ4n) is 2.51. The third-order valence-electron chi connectivity index (χ3n) is 3.77. The number of para-hydroxylation sites is 1. The van der Waals surface area contributed by atoms with Gasteiger partial charge in [-0.3, -0.25) is 14.2 Å². The maximum absolute atomic E-state index is 12.3. The van der Waals surface area contributed by atoms with Gasteiger partial charge < -0.3 is 14.8 Å². The van der Waals surface area contributed by atoms with E-state index in [0.717, 1.165) is 0 Å². The van der Waals surface area contributed by atoms with Crippen LogP contribution in [0, 0.1) is 0 Å². The van der Waals surface area contributed by atoms with Gasteiger partial charge in [0, 0.05) is 18.7 Å². The van der Waals surface area contributed by atoms with Crippen LogP contribution in [-0.4, -0.2) is 44.0 Å². The second-order valence-electron chi connectivity index (χ2n) is 5.21. The lowest BCUT2D eigenvalue weighted by atomic mass is 10.2. The molecule has 1 aliphatic heterocycles. The van der Waals surface area contributed by atoms with Crippen molar-refractivity contribution in [1.29, 1.82) is 0 Å². The highest BCUT2D eigenvalue weighted by atomic mass is 32.2. The molecule has 1 fully saturated rings. The van der Waals surface area contributed by atoms with Crippen LogP contribution in [-0.2, 0) is 16.1 Å². The normalized spacial score (nSPS) is 17.6. The predicted octanol–water partition coefficient (Wildman–Crippen LogP) is -0.562. The van der Waals surface area contributed by atoms with Gasteiger partial charge in [-0.1, -0.05) is 12.1 Å².